The summed E-state index contributed by atoms with van der Waals surface area (Å²) in [6.07, 6.45) is 1.74. The lowest BCUT2D eigenvalue weighted by Crippen LogP contribution is -2.45. The van der Waals surface area contributed by atoms with E-state index in [1.54, 1.807) is 6.07 Å². The molecular formula is C13H18Cl2N2O2S. The van der Waals surface area contributed by atoms with Crippen molar-refractivity contribution >= 4 is 33.2 Å². The summed E-state index contributed by atoms with van der Waals surface area (Å²) in [5, 5.41) is 0.306. The van der Waals surface area contributed by atoms with Crippen LogP contribution in [0.3, 0.4) is 0 Å². The van der Waals surface area contributed by atoms with Gasteiger partial charge < -0.3 is 5.73 Å². The summed E-state index contributed by atoms with van der Waals surface area (Å²) in [5.74, 6) is 0.166. The molecular weight excluding hydrogens is 319 g/mol. The van der Waals surface area contributed by atoms with Crippen LogP contribution in [0.5, 0.6) is 0 Å². The van der Waals surface area contributed by atoms with Gasteiger partial charge in [0.2, 0.25) is 10.0 Å². The number of rotatable bonds is 3. The van der Waals surface area contributed by atoms with Crippen LogP contribution in [0.1, 0.15) is 19.8 Å². The van der Waals surface area contributed by atoms with Crippen LogP contribution in [0.25, 0.3) is 0 Å². The van der Waals surface area contributed by atoms with Crippen molar-refractivity contribution in [2.75, 3.05) is 13.1 Å². The first-order valence-corrected chi connectivity index (χ1v) is 8.73. The zero-order chi connectivity index (χ0) is 14.9. The van der Waals surface area contributed by atoms with Crippen molar-refractivity contribution in [3.05, 3.63) is 28.2 Å². The Morgan fingerprint density at radius 3 is 2.50 bits per heavy atom. The van der Waals surface area contributed by atoms with Gasteiger partial charge in [-0.15, -0.1) is 0 Å². The minimum atomic E-state index is -3.68. The summed E-state index contributed by atoms with van der Waals surface area (Å²) in [4.78, 5) is -0.00587. The number of hydrogen-bond donors (Lipinski definition) is 1. The van der Waals surface area contributed by atoms with Crippen molar-refractivity contribution in [2.24, 2.45) is 11.7 Å². The molecule has 20 heavy (non-hydrogen) atoms. The number of nitrogens with zero attached hydrogens (tertiary/aromatic N) is 1. The fourth-order valence-corrected chi connectivity index (χ4v) is 5.11. The lowest BCUT2D eigenvalue weighted by Gasteiger charge is -2.34. The fourth-order valence-electron chi connectivity index (χ4n) is 2.48. The van der Waals surface area contributed by atoms with Gasteiger partial charge in [-0.2, -0.15) is 4.31 Å². The molecule has 0 amide bonds. The summed E-state index contributed by atoms with van der Waals surface area (Å²) in [6.45, 7) is 2.80. The van der Waals surface area contributed by atoms with Gasteiger partial charge in [0.15, 0.2) is 0 Å². The highest BCUT2D eigenvalue weighted by atomic mass is 35.5. The van der Waals surface area contributed by atoms with Crippen LogP contribution in [0.15, 0.2) is 23.1 Å². The summed E-state index contributed by atoms with van der Waals surface area (Å²) in [5.41, 5.74) is 5.90. The molecule has 1 saturated heterocycles. The van der Waals surface area contributed by atoms with Crippen LogP contribution in [-0.2, 0) is 10.0 Å². The molecule has 112 valence electrons. The van der Waals surface area contributed by atoms with Crippen molar-refractivity contribution in [3.8, 4) is 0 Å². The maximum Gasteiger partial charge on any atom is 0.246 e. The average molecular weight is 337 g/mol. The van der Waals surface area contributed by atoms with Crippen LogP contribution in [-0.4, -0.2) is 31.9 Å². The first-order chi connectivity index (χ1) is 9.34. The molecule has 0 aliphatic carbocycles. The highest BCUT2D eigenvalue weighted by Gasteiger charge is 2.34. The van der Waals surface area contributed by atoms with E-state index >= 15 is 0 Å². The molecule has 0 radical (unpaired) electrons. The second-order valence-electron chi connectivity index (χ2n) is 5.18. The van der Waals surface area contributed by atoms with E-state index in [1.165, 1.54) is 16.4 Å². The maximum atomic E-state index is 12.7. The highest BCUT2D eigenvalue weighted by Crippen LogP contribution is 2.33. The van der Waals surface area contributed by atoms with Crippen molar-refractivity contribution in [1.29, 1.82) is 0 Å². The Kier molecular flexibility index (Phi) is 4.97. The standard InChI is InChI=1S/C13H18Cl2N2O2S/c1-9(16)10-4-3-7-17(8-10)20(18,19)13-11(14)5-2-6-12(13)15/h2,5-6,9-10H,3-4,7-8,16H2,1H3/t9-,10-/m1/s1. The number of piperidine rings is 1. The van der Waals surface area contributed by atoms with E-state index in [1.807, 2.05) is 6.92 Å². The van der Waals surface area contributed by atoms with Crippen LogP contribution in [0.4, 0.5) is 0 Å². The second kappa shape index (κ2) is 6.20. The lowest BCUT2D eigenvalue weighted by molar-refractivity contribution is 0.243. The monoisotopic (exact) mass is 336 g/mol. The molecule has 0 unspecified atom stereocenters. The molecule has 7 heteroatoms. The molecule has 4 nitrogen and oxygen atoms in total. The summed E-state index contributed by atoms with van der Waals surface area (Å²) >= 11 is 12.0. The van der Waals surface area contributed by atoms with Gasteiger partial charge >= 0.3 is 0 Å². The molecule has 0 saturated carbocycles. The number of sulfonamides is 1. The van der Waals surface area contributed by atoms with Gasteiger partial charge in [-0.1, -0.05) is 29.3 Å². The van der Waals surface area contributed by atoms with Gasteiger partial charge in [0.05, 0.1) is 10.0 Å². The van der Waals surface area contributed by atoms with Crippen molar-refractivity contribution < 1.29 is 8.42 Å². The summed E-state index contributed by atoms with van der Waals surface area (Å²) in [7, 11) is -3.68. The van der Waals surface area contributed by atoms with E-state index in [0.29, 0.717) is 13.1 Å². The molecule has 1 heterocycles. The molecule has 2 atom stereocenters. The van der Waals surface area contributed by atoms with Crippen molar-refractivity contribution in [3.63, 3.8) is 0 Å². The number of nitrogens with two attached hydrogens (primary N) is 1. The van der Waals surface area contributed by atoms with E-state index in [0.717, 1.165) is 12.8 Å². The van der Waals surface area contributed by atoms with Gasteiger partial charge in [0.1, 0.15) is 4.90 Å². The van der Waals surface area contributed by atoms with Gasteiger partial charge in [0.25, 0.3) is 0 Å². The Morgan fingerprint density at radius 1 is 1.35 bits per heavy atom. The third-order valence-corrected chi connectivity index (χ3v) is 6.50. The normalized spacial score (nSPS) is 22.7. The molecule has 1 aromatic carbocycles. The third kappa shape index (κ3) is 3.12. The summed E-state index contributed by atoms with van der Waals surface area (Å²) in [6, 6.07) is 4.67. The Labute approximate surface area is 129 Å². The smallest absolute Gasteiger partial charge is 0.246 e. The molecule has 0 bridgehead atoms. The van der Waals surface area contributed by atoms with E-state index in [-0.39, 0.29) is 26.9 Å². The average Bonchev–Trinajstić information content (AvgIpc) is 2.38. The molecule has 2 rings (SSSR count). The minimum Gasteiger partial charge on any atom is -0.328 e. The zero-order valence-corrected chi connectivity index (χ0v) is 13.5. The van der Waals surface area contributed by atoms with Crippen molar-refractivity contribution in [1.82, 2.24) is 4.31 Å². The lowest BCUT2D eigenvalue weighted by atomic mass is 9.93. The van der Waals surface area contributed by atoms with E-state index in [4.69, 9.17) is 28.9 Å². The van der Waals surface area contributed by atoms with E-state index < -0.39 is 10.0 Å². The number of benzene rings is 1. The predicted molar refractivity (Wildman–Crippen MR) is 81.6 cm³/mol. The molecule has 1 fully saturated rings. The van der Waals surface area contributed by atoms with Gasteiger partial charge in [-0.25, -0.2) is 8.42 Å². The number of hydrogen-bond acceptors (Lipinski definition) is 3. The van der Waals surface area contributed by atoms with Crippen LogP contribution < -0.4 is 5.73 Å². The van der Waals surface area contributed by atoms with E-state index in [2.05, 4.69) is 0 Å². The fraction of sp³-hybridized carbons (Fsp3) is 0.538. The molecule has 0 spiro atoms. The van der Waals surface area contributed by atoms with E-state index in [9.17, 15) is 8.42 Å². The molecule has 1 aliphatic rings. The largest absolute Gasteiger partial charge is 0.328 e. The van der Waals surface area contributed by atoms with Gasteiger partial charge in [-0.3, -0.25) is 0 Å². The Hall–Kier alpha value is -0.330. The van der Waals surface area contributed by atoms with Gasteiger partial charge in [-0.05, 0) is 37.8 Å². The zero-order valence-electron chi connectivity index (χ0n) is 11.2. The van der Waals surface area contributed by atoms with Crippen LogP contribution in [0, 0.1) is 5.92 Å². The Balaban J connectivity index is 2.35. The minimum absolute atomic E-state index is 0.00587. The topological polar surface area (TPSA) is 63.4 Å². The molecule has 0 aromatic heterocycles. The molecule has 1 aliphatic heterocycles. The quantitative estimate of drug-likeness (QED) is 0.922. The SMILES string of the molecule is C[C@@H](N)[C@@H]1CCCN(S(=O)(=O)c2c(Cl)cccc2Cl)C1. The van der Waals surface area contributed by atoms with Crippen LogP contribution in [0.2, 0.25) is 10.0 Å². The summed E-state index contributed by atoms with van der Waals surface area (Å²) < 4.78 is 26.9. The number of halogens is 2. The first-order valence-electron chi connectivity index (χ1n) is 6.53. The first kappa shape index (κ1) is 16.0. The second-order valence-corrected chi connectivity index (χ2v) is 7.86. The predicted octanol–water partition coefficient (Wildman–Crippen LogP) is 2.74. The Morgan fingerprint density at radius 2 is 1.95 bits per heavy atom. The van der Waals surface area contributed by atoms with Crippen LogP contribution >= 0.6 is 23.2 Å². The molecule has 1 aromatic rings. The third-order valence-electron chi connectivity index (χ3n) is 3.68. The maximum absolute atomic E-state index is 12.7. The highest BCUT2D eigenvalue weighted by molar-refractivity contribution is 7.89. The molecule has 2 N–H and O–H groups in total. The van der Waals surface area contributed by atoms with Gasteiger partial charge in [0, 0.05) is 19.1 Å². The Bertz CT molecular complexity index is 570. The van der Waals surface area contributed by atoms with Crippen molar-refractivity contribution in [2.45, 2.75) is 30.7 Å².